The van der Waals surface area contributed by atoms with Crippen molar-refractivity contribution >= 4 is 94.4 Å². The lowest BCUT2D eigenvalue weighted by Crippen LogP contribution is -2.64. The summed E-state index contributed by atoms with van der Waals surface area (Å²) >= 11 is 1.37. The molecule has 12 amide bonds. The molecule has 34 nitrogen and oxygen atoms in total. The van der Waals surface area contributed by atoms with E-state index in [0.717, 1.165) is 34.2 Å². The molecule has 0 saturated heterocycles. The van der Waals surface area contributed by atoms with E-state index in [9.17, 15) is 38.9 Å². The molecule has 9 aromatic carbocycles. The highest BCUT2D eigenvalue weighted by molar-refractivity contribution is 7.98. The maximum atomic E-state index is 16.0. The molecule has 0 aliphatic carbocycles. The molecular weight excluding hydrogens is 1860 g/mol. The molecule has 0 radical (unpaired) electrons. The van der Waals surface area contributed by atoms with Gasteiger partial charge >= 0.3 is 18.1 Å². The fourth-order valence-corrected chi connectivity index (χ4v) is 15.3. The molecule has 0 saturated carbocycles. The number of nitro benzene ring substituents is 1. The average Bonchev–Trinajstić information content (AvgIpc) is 0.833. The van der Waals surface area contributed by atoms with Gasteiger partial charge in [0.1, 0.15) is 66.3 Å². The highest BCUT2D eigenvalue weighted by atomic mass is 32.2. The van der Waals surface area contributed by atoms with Crippen molar-refractivity contribution < 1.29 is 91.0 Å². The number of nitrogens with zero attached hydrogens (tertiary/aromatic N) is 2. The first-order valence-electron chi connectivity index (χ1n) is 48.3. The lowest BCUT2D eigenvalue weighted by atomic mass is 9.97. The van der Waals surface area contributed by atoms with Crippen molar-refractivity contribution in [1.82, 2.24) is 64.0 Å². The number of benzene rings is 9. The molecule has 144 heavy (non-hydrogen) atoms. The molecule has 12 N–H and O–H groups in total. The third-order valence-corrected chi connectivity index (χ3v) is 24.2. The van der Waals surface area contributed by atoms with Crippen LogP contribution in [0.1, 0.15) is 141 Å². The van der Waals surface area contributed by atoms with Gasteiger partial charge in [0.2, 0.25) is 47.3 Å². The summed E-state index contributed by atoms with van der Waals surface area (Å²) in [6, 6.07) is 59.3. The number of hydrogen-bond donors (Lipinski definition) is 12. The minimum absolute atomic E-state index is 0.0384. The number of aryl methyl sites for hydroxylation is 5. The monoisotopic (exact) mass is 1990 g/mol. The summed E-state index contributed by atoms with van der Waals surface area (Å²) < 4.78 is 29.5. The number of oxime groups is 1. The first kappa shape index (κ1) is 113. The van der Waals surface area contributed by atoms with E-state index in [1.807, 2.05) is 118 Å². The fourth-order valence-electron chi connectivity index (χ4n) is 14.8. The second-order valence-electron chi connectivity index (χ2n) is 36.0. The molecule has 0 heterocycles. The fraction of sp³-hybridized carbons (Fsp3) is 0.385. The standard InChI is InChI=1S/C109H134N14O20S/c1-11-73(4)95(106(133)143-122-97(85-52-38-72(3)39-53-85)86-54-56-87(57-55-86)123(136)137)118-101(128)91(64-80-32-22-15-23-33-80)113-100(127)90(66-82-50-46-79(47-51-82)43-41-77-30-20-14-21-31-77)114-102(129)92(67-111-107(134)121-120-104(131)88(58-63-144-10)117-108(135)142-109(7,8)9)115-105(132)96(75(6)141-69-84-36-26-17-27-37-84)119-103(130)93(70-140-68-83-34-24-16-25-35-83)116-99(126)89(65-81-48-44-78(45-49-81)42-40-76-28-18-13-19-29-76)112-94(124)71-139-62-61-138-60-59-110-98(125)74(5)12-2/h13-39,44-57,73-75,88-93,95-96H,11-12,40-43,58-71H2,1-10H3,(H,110,125)(H,112,124)(H,113,127)(H,114,129)(H,115,132)(H,116,126)(H,117,135)(H,118,128)(H,119,130)(H,120,131)(H2,111,121,134)/b122-97-/t73?,74-,75?,88-,89-,90-,91-,92-,93-,95-,96-/m0/s1. The van der Waals surface area contributed by atoms with Crippen molar-refractivity contribution in [2.24, 2.45) is 17.0 Å². The topological polar surface area (TPSA) is 460 Å². The maximum Gasteiger partial charge on any atom is 0.408 e. The highest BCUT2D eigenvalue weighted by Crippen LogP contribution is 2.23. The Bertz CT molecular complexity index is 5620. The summed E-state index contributed by atoms with van der Waals surface area (Å²) in [5.41, 5.74) is 12.3. The third-order valence-electron chi connectivity index (χ3n) is 23.5. The van der Waals surface area contributed by atoms with Crippen LogP contribution >= 0.6 is 11.8 Å². The Morgan fingerprint density at radius 2 is 0.861 bits per heavy atom. The number of carbonyl (C=O) groups excluding carboxylic acids is 12. The maximum absolute atomic E-state index is 16.0. The van der Waals surface area contributed by atoms with Gasteiger partial charge in [-0.3, -0.25) is 58.7 Å². The Morgan fingerprint density at radius 3 is 1.37 bits per heavy atom. The molecule has 0 fully saturated rings. The molecule has 766 valence electrons. The van der Waals surface area contributed by atoms with Crippen LogP contribution in [0.3, 0.4) is 0 Å². The van der Waals surface area contributed by atoms with Crippen molar-refractivity contribution in [3.05, 3.63) is 326 Å². The van der Waals surface area contributed by atoms with Gasteiger partial charge in [-0.1, -0.05) is 269 Å². The zero-order valence-corrected chi connectivity index (χ0v) is 83.9. The van der Waals surface area contributed by atoms with Crippen LogP contribution in [0.15, 0.2) is 254 Å². The molecule has 0 aliphatic heterocycles. The summed E-state index contributed by atoms with van der Waals surface area (Å²) in [6.45, 7) is 13.7. The van der Waals surface area contributed by atoms with E-state index in [2.05, 4.69) is 69.2 Å². The van der Waals surface area contributed by atoms with Crippen LogP contribution < -0.4 is 64.0 Å². The second-order valence-corrected chi connectivity index (χ2v) is 37.0. The number of hydrogen-bond acceptors (Lipinski definition) is 22. The van der Waals surface area contributed by atoms with Crippen molar-refractivity contribution in [3.63, 3.8) is 0 Å². The molecule has 0 aliphatic rings. The number of urea groups is 1. The van der Waals surface area contributed by atoms with Crippen LogP contribution in [-0.4, -0.2) is 200 Å². The van der Waals surface area contributed by atoms with Crippen LogP contribution in [0.4, 0.5) is 15.3 Å². The van der Waals surface area contributed by atoms with Gasteiger partial charge in [0.25, 0.3) is 11.6 Å². The second kappa shape index (κ2) is 60.0. The minimum atomic E-state index is -1.99. The molecule has 2 unspecified atom stereocenters. The number of rotatable bonds is 57. The number of amides is 12. The zero-order chi connectivity index (χ0) is 104. The summed E-state index contributed by atoms with van der Waals surface area (Å²) in [7, 11) is 0. The first-order chi connectivity index (χ1) is 69.3. The van der Waals surface area contributed by atoms with Crippen LogP contribution in [0.5, 0.6) is 0 Å². The molecule has 0 aromatic heterocycles. The lowest BCUT2D eigenvalue weighted by molar-refractivity contribution is -0.384. The Hall–Kier alpha value is -14.5. The Morgan fingerprint density at radius 1 is 0.424 bits per heavy atom. The van der Waals surface area contributed by atoms with E-state index >= 15 is 28.8 Å². The van der Waals surface area contributed by atoms with Crippen LogP contribution in [0, 0.1) is 28.9 Å². The van der Waals surface area contributed by atoms with E-state index in [-0.39, 0.29) is 88.5 Å². The number of non-ortho nitro benzene ring substituents is 1. The van der Waals surface area contributed by atoms with Crippen molar-refractivity contribution in [2.45, 2.75) is 200 Å². The normalized spacial score (nSPS) is 13.6. The number of thioether (sulfide) groups is 1. The average molecular weight is 1990 g/mol. The van der Waals surface area contributed by atoms with Crippen LogP contribution in [-0.2, 0) is 135 Å². The van der Waals surface area contributed by atoms with E-state index < -0.39 is 156 Å². The van der Waals surface area contributed by atoms with Crippen molar-refractivity contribution in [1.29, 1.82) is 0 Å². The third kappa shape index (κ3) is 40.1. The van der Waals surface area contributed by atoms with Gasteiger partial charge in [0, 0.05) is 61.5 Å². The minimum Gasteiger partial charge on any atom is -0.444 e. The summed E-state index contributed by atoms with van der Waals surface area (Å²) in [5.74, 6) is -9.27. The summed E-state index contributed by atoms with van der Waals surface area (Å²) in [6.07, 6.45) is 2.63. The summed E-state index contributed by atoms with van der Waals surface area (Å²) in [4.78, 5) is 194. The number of carbonyl (C=O) groups is 12. The molecule has 0 spiro atoms. The highest BCUT2D eigenvalue weighted by Gasteiger charge is 2.39. The zero-order valence-electron chi connectivity index (χ0n) is 83.1. The number of ether oxygens (including phenoxy) is 5. The van der Waals surface area contributed by atoms with E-state index in [1.54, 1.807) is 168 Å². The van der Waals surface area contributed by atoms with E-state index in [0.29, 0.717) is 76.8 Å². The van der Waals surface area contributed by atoms with Gasteiger partial charge in [-0.25, -0.2) is 19.8 Å². The number of hydrazine groups is 1. The number of nitrogens with one attached hydrogen (secondary N) is 12. The van der Waals surface area contributed by atoms with Crippen molar-refractivity contribution in [2.75, 3.05) is 58.1 Å². The molecule has 0 bridgehead atoms. The Balaban J connectivity index is 1.07. The summed E-state index contributed by atoms with van der Waals surface area (Å²) in [5, 5.41) is 43.5. The molecule has 35 heteroatoms. The molecule has 11 atom stereocenters. The molecular formula is C109H134N14O20S. The van der Waals surface area contributed by atoms with E-state index in [1.165, 1.54) is 43.0 Å². The predicted octanol–water partition coefficient (Wildman–Crippen LogP) is 10.9. The van der Waals surface area contributed by atoms with Gasteiger partial charge in [0.15, 0.2) is 0 Å². The van der Waals surface area contributed by atoms with Crippen LogP contribution in [0.2, 0.25) is 0 Å². The SMILES string of the molecule is CCC(C)[C@H](NC(=O)[C@H](Cc1ccccc1)NC(=O)[C@H](Cc1ccc(CCc2ccccc2)cc1)NC(=O)[C@H](CNC(=O)NNC(=O)[C@H](CCSC)NC(=O)OC(C)(C)C)NC(=O)[C@@H](NC(=O)[C@H](COCc1ccccc1)NC(=O)[C@H](Cc1ccc(CCc2ccccc2)cc1)NC(=O)COCCOCCNC(=O)[C@@H](C)CC)C(C)OCc1ccccc1)C(=O)O/N=C(/c1ccc(C)cc1)c1ccc([N+](=O)[O-])cc1. The Kier molecular flexibility index (Phi) is 47.2. The molecule has 9 aromatic rings. The van der Waals surface area contributed by atoms with Crippen LogP contribution in [0.25, 0.3) is 0 Å². The smallest absolute Gasteiger partial charge is 0.408 e. The number of nitro groups is 1. The van der Waals surface area contributed by atoms with Crippen molar-refractivity contribution in [3.8, 4) is 0 Å². The van der Waals surface area contributed by atoms with Gasteiger partial charge in [-0.05, 0) is 153 Å². The van der Waals surface area contributed by atoms with Gasteiger partial charge < -0.3 is 81.7 Å². The predicted molar refractivity (Wildman–Crippen MR) is 549 cm³/mol. The van der Waals surface area contributed by atoms with Gasteiger partial charge in [-0.2, -0.15) is 11.8 Å². The largest absolute Gasteiger partial charge is 0.444 e. The number of alkyl carbamates (subject to hydrolysis) is 1. The quantitative estimate of drug-likeness (QED) is 0.00554. The van der Waals surface area contributed by atoms with Gasteiger partial charge in [-0.15, -0.1) is 0 Å². The lowest BCUT2D eigenvalue weighted by Gasteiger charge is -2.30. The molecule has 9 rings (SSSR count). The Labute approximate surface area is 845 Å². The van der Waals surface area contributed by atoms with Gasteiger partial charge in [0.05, 0.1) is 50.7 Å². The van der Waals surface area contributed by atoms with E-state index in [4.69, 9.17) is 28.5 Å². The first-order valence-corrected chi connectivity index (χ1v) is 49.7.